The van der Waals surface area contributed by atoms with Crippen molar-refractivity contribution >= 4 is 32.6 Å². The van der Waals surface area contributed by atoms with E-state index in [-0.39, 0.29) is 34.0 Å². The number of carbonyl (C=O) groups excluding carboxylic acids is 2. The van der Waals surface area contributed by atoms with E-state index in [0.717, 1.165) is 17.5 Å². The molecule has 3 aromatic rings. The molecule has 4 rings (SSSR count). The lowest BCUT2D eigenvalue weighted by molar-refractivity contribution is 0.0843. The molecular weight excluding hydrogens is 474 g/mol. The van der Waals surface area contributed by atoms with Gasteiger partial charge in [-0.1, -0.05) is 18.2 Å². The van der Waals surface area contributed by atoms with Gasteiger partial charge in [0.2, 0.25) is 10.0 Å². The van der Waals surface area contributed by atoms with E-state index in [1.807, 2.05) is 0 Å². The number of ether oxygens (including phenoxy) is 1. The van der Waals surface area contributed by atoms with Gasteiger partial charge in [0.05, 0.1) is 12.5 Å². The molecule has 1 fully saturated rings. The van der Waals surface area contributed by atoms with E-state index in [9.17, 15) is 22.8 Å². The van der Waals surface area contributed by atoms with Crippen LogP contribution in [0.15, 0.2) is 52.2 Å². The molecular formula is C23H25N5O6S. The van der Waals surface area contributed by atoms with Crippen LogP contribution < -0.4 is 21.1 Å². The second-order valence-corrected chi connectivity index (χ2v) is 9.81. The molecule has 12 heteroatoms. The molecule has 0 atom stereocenters. The number of aromatic nitrogens is 2. The minimum Gasteiger partial charge on any atom is -0.495 e. The van der Waals surface area contributed by atoms with Gasteiger partial charge in [-0.3, -0.25) is 25.2 Å². The lowest BCUT2D eigenvalue weighted by Gasteiger charge is -2.18. The summed E-state index contributed by atoms with van der Waals surface area (Å²) < 4.78 is 33.9. The normalized spacial score (nSPS) is 14.1. The number of fused-ring (bicyclic) bond motifs is 1. The molecule has 0 radical (unpaired) electrons. The Morgan fingerprint density at radius 1 is 1.03 bits per heavy atom. The van der Waals surface area contributed by atoms with E-state index in [1.54, 1.807) is 31.2 Å². The van der Waals surface area contributed by atoms with Crippen LogP contribution in [0.5, 0.6) is 5.75 Å². The van der Waals surface area contributed by atoms with E-state index in [4.69, 9.17) is 4.74 Å². The van der Waals surface area contributed by atoms with E-state index in [0.29, 0.717) is 23.9 Å². The molecule has 11 nitrogen and oxygen atoms in total. The third kappa shape index (κ3) is 4.62. The van der Waals surface area contributed by atoms with Gasteiger partial charge in [-0.2, -0.15) is 9.40 Å². The number of amides is 2. The molecule has 1 aromatic heterocycles. The van der Waals surface area contributed by atoms with E-state index >= 15 is 0 Å². The summed E-state index contributed by atoms with van der Waals surface area (Å²) in [5, 5.41) is 4.79. The Balaban J connectivity index is 1.58. The summed E-state index contributed by atoms with van der Waals surface area (Å²) in [7, 11) is -2.50. The number of aryl methyl sites for hydroxylation is 1. The Labute approximate surface area is 201 Å². The van der Waals surface area contributed by atoms with Gasteiger partial charge in [0.1, 0.15) is 10.6 Å². The number of rotatable bonds is 6. The molecule has 2 N–H and O–H groups in total. The van der Waals surface area contributed by atoms with Crippen LogP contribution in [0.2, 0.25) is 0 Å². The minimum absolute atomic E-state index is 0.0141. The predicted molar refractivity (Wildman–Crippen MR) is 128 cm³/mol. The van der Waals surface area contributed by atoms with Crippen molar-refractivity contribution in [3.05, 3.63) is 64.1 Å². The molecule has 0 spiro atoms. The van der Waals surface area contributed by atoms with Crippen LogP contribution in [0.1, 0.15) is 40.6 Å². The average molecular weight is 500 g/mol. The fraction of sp³-hybridized carbons (Fsp3) is 0.304. The summed E-state index contributed by atoms with van der Waals surface area (Å²) in [6.45, 7) is 2.79. The summed E-state index contributed by atoms with van der Waals surface area (Å²) in [5.41, 5.74) is 4.23. The summed E-state index contributed by atoms with van der Waals surface area (Å²) in [4.78, 5) is 38.0. The molecule has 2 aromatic carbocycles. The van der Waals surface area contributed by atoms with Crippen LogP contribution in [-0.4, -0.2) is 54.5 Å². The first-order chi connectivity index (χ1) is 16.8. The number of carbonyl (C=O) groups is 2. The van der Waals surface area contributed by atoms with E-state index in [1.165, 1.54) is 29.6 Å². The van der Waals surface area contributed by atoms with Crippen molar-refractivity contribution in [1.29, 1.82) is 0 Å². The van der Waals surface area contributed by atoms with Gasteiger partial charge in [0.15, 0.2) is 5.69 Å². The Bertz CT molecular complexity index is 1460. The molecule has 0 unspecified atom stereocenters. The van der Waals surface area contributed by atoms with Crippen LogP contribution in [0.3, 0.4) is 0 Å². The highest BCUT2D eigenvalue weighted by molar-refractivity contribution is 7.89. The van der Waals surface area contributed by atoms with Crippen molar-refractivity contribution < 1.29 is 22.7 Å². The molecule has 1 aliphatic rings. The van der Waals surface area contributed by atoms with Crippen molar-refractivity contribution in [3.8, 4) is 5.75 Å². The van der Waals surface area contributed by atoms with Crippen LogP contribution in [0, 0.1) is 0 Å². The average Bonchev–Trinajstić information content (AvgIpc) is 3.43. The van der Waals surface area contributed by atoms with Gasteiger partial charge in [-0.05, 0) is 44.0 Å². The van der Waals surface area contributed by atoms with Crippen LogP contribution in [0.4, 0.5) is 0 Å². The number of benzene rings is 2. The first-order valence-electron chi connectivity index (χ1n) is 11.1. The number of hydrogen-bond donors (Lipinski definition) is 2. The first kappa shape index (κ1) is 24.4. The SMILES string of the molecule is CCn1nc(C(=O)NNC(=O)c2ccc(OC)c(S(=O)(=O)N3CCCC3)c2)c2ccccc2c1=O. The summed E-state index contributed by atoms with van der Waals surface area (Å²) in [6, 6.07) is 10.6. The molecule has 2 amide bonds. The lowest BCUT2D eigenvalue weighted by atomic mass is 10.1. The highest BCUT2D eigenvalue weighted by atomic mass is 32.2. The molecule has 35 heavy (non-hydrogen) atoms. The smallest absolute Gasteiger partial charge is 0.290 e. The van der Waals surface area contributed by atoms with Crippen LogP contribution >= 0.6 is 0 Å². The van der Waals surface area contributed by atoms with E-state index < -0.39 is 21.8 Å². The third-order valence-corrected chi connectivity index (χ3v) is 7.70. The van der Waals surface area contributed by atoms with E-state index in [2.05, 4.69) is 16.0 Å². The zero-order valence-corrected chi connectivity index (χ0v) is 20.1. The Kier molecular flexibility index (Phi) is 6.85. The summed E-state index contributed by atoms with van der Waals surface area (Å²) in [5.74, 6) is -1.34. The maximum Gasteiger partial charge on any atom is 0.290 e. The number of methoxy groups -OCH3 is 1. The van der Waals surface area contributed by atoms with Gasteiger partial charge in [0.25, 0.3) is 17.4 Å². The quantitative estimate of drug-likeness (QED) is 0.487. The zero-order chi connectivity index (χ0) is 25.2. The van der Waals surface area contributed by atoms with Crippen molar-refractivity contribution in [2.24, 2.45) is 0 Å². The Morgan fingerprint density at radius 3 is 2.34 bits per heavy atom. The molecule has 0 aliphatic carbocycles. The molecule has 1 saturated heterocycles. The summed E-state index contributed by atoms with van der Waals surface area (Å²) >= 11 is 0. The van der Waals surface area contributed by atoms with Gasteiger partial charge in [0, 0.05) is 30.6 Å². The maximum atomic E-state index is 13.1. The Hall–Kier alpha value is -3.77. The molecule has 1 aliphatic heterocycles. The monoisotopic (exact) mass is 499 g/mol. The second-order valence-electron chi connectivity index (χ2n) is 7.90. The summed E-state index contributed by atoms with van der Waals surface area (Å²) in [6.07, 6.45) is 1.53. The topological polar surface area (TPSA) is 140 Å². The second kappa shape index (κ2) is 9.84. The zero-order valence-electron chi connectivity index (χ0n) is 19.3. The molecule has 0 saturated carbocycles. The lowest BCUT2D eigenvalue weighted by Crippen LogP contribution is -2.43. The van der Waals surface area contributed by atoms with Crippen molar-refractivity contribution in [1.82, 2.24) is 24.9 Å². The van der Waals surface area contributed by atoms with Gasteiger partial charge >= 0.3 is 0 Å². The van der Waals surface area contributed by atoms with Crippen LogP contribution in [0.25, 0.3) is 10.8 Å². The fourth-order valence-corrected chi connectivity index (χ4v) is 5.65. The number of hydrazine groups is 1. The van der Waals surface area contributed by atoms with Gasteiger partial charge in [-0.25, -0.2) is 13.1 Å². The van der Waals surface area contributed by atoms with Crippen molar-refractivity contribution in [2.75, 3.05) is 20.2 Å². The highest BCUT2D eigenvalue weighted by Crippen LogP contribution is 2.29. The van der Waals surface area contributed by atoms with Crippen LogP contribution in [-0.2, 0) is 16.6 Å². The molecule has 0 bridgehead atoms. The van der Waals surface area contributed by atoms with Gasteiger partial charge < -0.3 is 4.74 Å². The fourth-order valence-electron chi connectivity index (χ4n) is 3.95. The Morgan fingerprint density at radius 2 is 1.69 bits per heavy atom. The highest BCUT2D eigenvalue weighted by Gasteiger charge is 2.30. The minimum atomic E-state index is -3.85. The number of nitrogens with zero attached hydrogens (tertiary/aromatic N) is 3. The third-order valence-electron chi connectivity index (χ3n) is 5.78. The van der Waals surface area contributed by atoms with Crippen molar-refractivity contribution in [2.45, 2.75) is 31.2 Å². The molecule has 2 heterocycles. The molecule has 184 valence electrons. The number of hydrogen-bond acceptors (Lipinski definition) is 7. The number of sulfonamides is 1. The number of nitrogens with one attached hydrogen (secondary N) is 2. The first-order valence-corrected chi connectivity index (χ1v) is 12.5. The van der Waals surface area contributed by atoms with Gasteiger partial charge in [-0.15, -0.1) is 0 Å². The maximum absolute atomic E-state index is 13.1. The predicted octanol–water partition coefficient (Wildman–Crippen LogP) is 1.28. The largest absolute Gasteiger partial charge is 0.495 e. The van der Waals surface area contributed by atoms with Crippen molar-refractivity contribution in [3.63, 3.8) is 0 Å². The standard InChI is InChI=1S/C23H25N5O6S/c1-3-28-23(31)17-9-5-4-8-16(17)20(26-28)22(30)25-24-21(29)15-10-11-18(34-2)19(14-15)35(32,33)27-12-6-7-13-27/h4-5,8-11,14H,3,6-7,12-13H2,1-2H3,(H,24,29)(H,25,30).